The van der Waals surface area contributed by atoms with E-state index in [0.29, 0.717) is 11.3 Å². The lowest BCUT2D eigenvalue weighted by Crippen LogP contribution is -2.36. The number of hydrogen-bond acceptors (Lipinski definition) is 3. The van der Waals surface area contributed by atoms with Gasteiger partial charge in [-0.3, -0.25) is 4.79 Å². The van der Waals surface area contributed by atoms with Crippen LogP contribution >= 0.6 is 0 Å². The van der Waals surface area contributed by atoms with Crippen LogP contribution in [0, 0.1) is 19.3 Å². The average molecular weight is 261 g/mol. The summed E-state index contributed by atoms with van der Waals surface area (Å²) in [5, 5.41) is 12.3. The van der Waals surface area contributed by atoms with E-state index in [1.54, 1.807) is 19.9 Å². The SMILES string of the molecule is C#CCNC(=O)C(C)Oc1ccc(C)cc1C(C)O. The molecule has 4 heteroatoms. The van der Waals surface area contributed by atoms with E-state index >= 15 is 0 Å². The van der Waals surface area contributed by atoms with E-state index in [0.717, 1.165) is 5.56 Å². The molecule has 0 bridgehead atoms. The quantitative estimate of drug-likeness (QED) is 0.791. The molecule has 19 heavy (non-hydrogen) atoms. The minimum Gasteiger partial charge on any atom is -0.481 e. The molecular formula is C15H19NO3. The molecule has 1 aromatic rings. The topological polar surface area (TPSA) is 58.6 Å². The first-order valence-corrected chi connectivity index (χ1v) is 6.12. The van der Waals surface area contributed by atoms with Crippen molar-refractivity contribution in [1.29, 1.82) is 0 Å². The van der Waals surface area contributed by atoms with E-state index in [2.05, 4.69) is 11.2 Å². The third-order valence-corrected chi connectivity index (χ3v) is 2.65. The van der Waals surface area contributed by atoms with Gasteiger partial charge in [-0.25, -0.2) is 0 Å². The number of ether oxygens (including phenoxy) is 1. The van der Waals surface area contributed by atoms with Gasteiger partial charge in [-0.2, -0.15) is 0 Å². The highest BCUT2D eigenvalue weighted by molar-refractivity contribution is 5.80. The number of aliphatic hydroxyl groups excluding tert-OH is 1. The van der Waals surface area contributed by atoms with Gasteiger partial charge in [0.15, 0.2) is 6.10 Å². The van der Waals surface area contributed by atoms with Crippen molar-refractivity contribution in [1.82, 2.24) is 5.32 Å². The molecule has 0 heterocycles. The van der Waals surface area contributed by atoms with Gasteiger partial charge in [0.25, 0.3) is 5.91 Å². The fraction of sp³-hybridized carbons (Fsp3) is 0.400. The van der Waals surface area contributed by atoms with Crippen LogP contribution < -0.4 is 10.1 Å². The fourth-order valence-electron chi connectivity index (χ4n) is 1.63. The molecule has 2 atom stereocenters. The first-order valence-electron chi connectivity index (χ1n) is 6.12. The van der Waals surface area contributed by atoms with Crippen molar-refractivity contribution in [3.05, 3.63) is 29.3 Å². The highest BCUT2D eigenvalue weighted by Crippen LogP contribution is 2.27. The number of carbonyl (C=O) groups excluding carboxylic acids is 1. The summed E-state index contributed by atoms with van der Waals surface area (Å²) in [6, 6.07) is 5.46. The molecule has 102 valence electrons. The third-order valence-electron chi connectivity index (χ3n) is 2.65. The molecule has 4 nitrogen and oxygen atoms in total. The molecule has 0 fully saturated rings. The van der Waals surface area contributed by atoms with E-state index in [-0.39, 0.29) is 12.5 Å². The van der Waals surface area contributed by atoms with Crippen LogP contribution in [0.1, 0.15) is 31.1 Å². The Morgan fingerprint density at radius 2 is 2.21 bits per heavy atom. The van der Waals surface area contributed by atoms with Crippen LogP contribution in [-0.4, -0.2) is 23.7 Å². The van der Waals surface area contributed by atoms with E-state index in [1.165, 1.54) is 0 Å². The number of aliphatic hydroxyl groups is 1. The molecule has 0 spiro atoms. The summed E-state index contributed by atoms with van der Waals surface area (Å²) in [7, 11) is 0. The molecule has 0 radical (unpaired) electrons. The lowest BCUT2D eigenvalue weighted by Gasteiger charge is -2.18. The summed E-state index contributed by atoms with van der Waals surface area (Å²) in [4.78, 5) is 11.7. The Kier molecular flexibility index (Phi) is 5.40. The zero-order valence-electron chi connectivity index (χ0n) is 11.4. The van der Waals surface area contributed by atoms with Gasteiger partial charge >= 0.3 is 0 Å². The lowest BCUT2D eigenvalue weighted by molar-refractivity contribution is -0.127. The Balaban J connectivity index is 2.82. The van der Waals surface area contributed by atoms with Crippen molar-refractivity contribution < 1.29 is 14.6 Å². The Morgan fingerprint density at radius 3 is 2.79 bits per heavy atom. The minimum absolute atomic E-state index is 0.170. The second-order valence-corrected chi connectivity index (χ2v) is 4.40. The van der Waals surface area contributed by atoms with Crippen molar-refractivity contribution in [2.75, 3.05) is 6.54 Å². The van der Waals surface area contributed by atoms with Crippen molar-refractivity contribution >= 4 is 5.91 Å². The Morgan fingerprint density at radius 1 is 1.53 bits per heavy atom. The first kappa shape index (κ1) is 15.1. The Labute approximate surface area is 113 Å². The summed E-state index contributed by atoms with van der Waals surface area (Å²) in [5.74, 6) is 2.55. The van der Waals surface area contributed by atoms with Crippen molar-refractivity contribution in [2.45, 2.75) is 33.0 Å². The van der Waals surface area contributed by atoms with E-state index in [4.69, 9.17) is 11.2 Å². The van der Waals surface area contributed by atoms with Crippen LogP contribution in [0.4, 0.5) is 0 Å². The molecule has 0 aliphatic rings. The maximum atomic E-state index is 11.7. The standard InChI is InChI=1S/C15H19NO3/c1-5-8-16-15(18)12(4)19-14-7-6-10(2)9-13(14)11(3)17/h1,6-7,9,11-12,17H,8H2,2-4H3,(H,16,18). The van der Waals surface area contributed by atoms with Gasteiger partial charge in [0.2, 0.25) is 0 Å². The number of terminal acetylenes is 1. The number of benzene rings is 1. The van der Waals surface area contributed by atoms with Gasteiger partial charge in [0.1, 0.15) is 5.75 Å². The van der Waals surface area contributed by atoms with Crippen molar-refractivity contribution in [3.8, 4) is 18.1 Å². The van der Waals surface area contributed by atoms with Gasteiger partial charge in [-0.15, -0.1) is 6.42 Å². The zero-order chi connectivity index (χ0) is 14.4. The summed E-state index contributed by atoms with van der Waals surface area (Å²) < 4.78 is 5.58. The van der Waals surface area contributed by atoms with Crippen LogP contribution in [0.15, 0.2) is 18.2 Å². The highest BCUT2D eigenvalue weighted by Gasteiger charge is 2.17. The number of rotatable bonds is 5. The largest absolute Gasteiger partial charge is 0.481 e. The summed E-state index contributed by atoms with van der Waals surface area (Å²) in [5.41, 5.74) is 1.68. The van der Waals surface area contributed by atoms with Crippen molar-refractivity contribution in [2.24, 2.45) is 0 Å². The highest BCUT2D eigenvalue weighted by atomic mass is 16.5. The zero-order valence-corrected chi connectivity index (χ0v) is 11.4. The molecular weight excluding hydrogens is 242 g/mol. The normalized spacial score (nSPS) is 13.2. The number of aryl methyl sites for hydroxylation is 1. The molecule has 1 aromatic carbocycles. The molecule has 1 rings (SSSR count). The summed E-state index contributed by atoms with van der Waals surface area (Å²) in [6.07, 6.45) is 3.74. The molecule has 0 aliphatic heterocycles. The summed E-state index contributed by atoms with van der Waals surface area (Å²) in [6.45, 7) is 5.39. The Hall–Kier alpha value is -1.99. The maximum absolute atomic E-state index is 11.7. The number of hydrogen-bond donors (Lipinski definition) is 2. The van der Waals surface area contributed by atoms with Gasteiger partial charge in [-0.05, 0) is 32.9 Å². The van der Waals surface area contributed by atoms with E-state index in [1.807, 2.05) is 19.1 Å². The Bertz CT molecular complexity index is 489. The van der Waals surface area contributed by atoms with Crippen molar-refractivity contribution in [3.63, 3.8) is 0 Å². The summed E-state index contributed by atoms with van der Waals surface area (Å²) >= 11 is 0. The second-order valence-electron chi connectivity index (χ2n) is 4.40. The first-order chi connectivity index (χ1) is 8.95. The molecule has 2 unspecified atom stereocenters. The van der Waals surface area contributed by atoms with E-state index in [9.17, 15) is 9.90 Å². The fourth-order valence-corrected chi connectivity index (χ4v) is 1.63. The average Bonchev–Trinajstić information content (AvgIpc) is 2.37. The minimum atomic E-state index is -0.673. The monoisotopic (exact) mass is 261 g/mol. The van der Waals surface area contributed by atoms with E-state index < -0.39 is 12.2 Å². The molecule has 1 amide bonds. The third kappa shape index (κ3) is 4.31. The molecule has 0 saturated heterocycles. The molecule has 0 saturated carbocycles. The smallest absolute Gasteiger partial charge is 0.261 e. The maximum Gasteiger partial charge on any atom is 0.261 e. The molecule has 0 aliphatic carbocycles. The van der Waals surface area contributed by atoms with Crippen LogP contribution in [0.5, 0.6) is 5.75 Å². The lowest BCUT2D eigenvalue weighted by atomic mass is 10.1. The predicted octanol–water partition coefficient (Wildman–Crippen LogP) is 1.57. The van der Waals surface area contributed by atoms with Gasteiger partial charge < -0.3 is 15.2 Å². The number of amides is 1. The van der Waals surface area contributed by atoms with Crippen LogP contribution in [0.3, 0.4) is 0 Å². The number of nitrogens with one attached hydrogen (secondary N) is 1. The molecule has 0 aromatic heterocycles. The van der Waals surface area contributed by atoms with Gasteiger partial charge in [-0.1, -0.05) is 17.6 Å². The predicted molar refractivity (Wildman–Crippen MR) is 73.7 cm³/mol. The number of carbonyl (C=O) groups is 1. The second kappa shape index (κ2) is 6.81. The van der Waals surface area contributed by atoms with Crippen LogP contribution in [-0.2, 0) is 4.79 Å². The van der Waals surface area contributed by atoms with Gasteiger partial charge in [0, 0.05) is 5.56 Å². The molecule has 2 N–H and O–H groups in total. The van der Waals surface area contributed by atoms with Gasteiger partial charge in [0.05, 0.1) is 12.6 Å². The van der Waals surface area contributed by atoms with Crippen LogP contribution in [0.2, 0.25) is 0 Å². The van der Waals surface area contributed by atoms with Crippen LogP contribution in [0.25, 0.3) is 0 Å².